The Balaban J connectivity index is 0.00000676. The first-order valence-electron chi connectivity index (χ1n) is 8.86. The molecule has 0 radical (unpaired) electrons. The fourth-order valence-corrected chi connectivity index (χ4v) is 2.12. The third-order valence-electron chi connectivity index (χ3n) is 3.39. The Bertz CT molecular complexity index is 603. The van der Waals surface area contributed by atoms with Crippen LogP contribution in [0.15, 0.2) is 29.3 Å². The molecule has 27 heavy (non-hydrogen) atoms. The molecule has 1 aromatic rings. The molecule has 0 bridgehead atoms. The van der Waals surface area contributed by atoms with Crippen LogP contribution in [-0.2, 0) is 11.3 Å². The molecule has 0 spiro atoms. The molecule has 8 heteroatoms. The Hall–Kier alpha value is -1.71. The molecule has 0 atom stereocenters. The number of aliphatic imine (C=N–C) groups is 1. The van der Waals surface area contributed by atoms with Crippen LogP contribution in [0, 0.1) is 0 Å². The van der Waals surface area contributed by atoms with Gasteiger partial charge in [-0.15, -0.1) is 24.0 Å². The molecule has 0 heterocycles. The van der Waals surface area contributed by atoms with Gasteiger partial charge in [-0.1, -0.05) is 18.2 Å². The monoisotopic (exact) mass is 492 g/mol. The summed E-state index contributed by atoms with van der Waals surface area (Å²) in [5.41, 5.74) is 0.563. The maximum atomic E-state index is 11.9. The van der Waals surface area contributed by atoms with Gasteiger partial charge in [0.05, 0.1) is 6.61 Å². The quantitative estimate of drug-likeness (QED) is 0.348. The lowest BCUT2D eigenvalue weighted by atomic mass is 10.2. The van der Waals surface area contributed by atoms with Gasteiger partial charge in [-0.05, 0) is 33.8 Å². The summed E-state index contributed by atoms with van der Waals surface area (Å²) in [5, 5.41) is 6.44. The smallest absolute Gasteiger partial charge is 0.410 e. The van der Waals surface area contributed by atoms with E-state index in [-0.39, 0.29) is 30.1 Å². The molecule has 0 saturated carbocycles. The van der Waals surface area contributed by atoms with Crippen molar-refractivity contribution in [3.05, 3.63) is 29.8 Å². The Labute approximate surface area is 179 Å². The first-order chi connectivity index (χ1) is 12.3. The Kier molecular flexibility index (Phi) is 11.8. The van der Waals surface area contributed by atoms with Crippen LogP contribution in [0.5, 0.6) is 5.75 Å². The molecule has 0 aliphatic rings. The van der Waals surface area contributed by atoms with Crippen molar-refractivity contribution in [2.45, 2.75) is 39.8 Å². The number of hydrogen-bond acceptors (Lipinski definition) is 4. The van der Waals surface area contributed by atoms with Gasteiger partial charge in [0.25, 0.3) is 0 Å². The van der Waals surface area contributed by atoms with E-state index in [1.165, 1.54) is 4.90 Å². The predicted molar refractivity (Wildman–Crippen MR) is 120 cm³/mol. The molecular weight excluding hydrogens is 459 g/mol. The average molecular weight is 492 g/mol. The van der Waals surface area contributed by atoms with Crippen molar-refractivity contribution in [2.24, 2.45) is 4.99 Å². The maximum absolute atomic E-state index is 11.9. The molecule has 1 aromatic carbocycles. The third-order valence-corrected chi connectivity index (χ3v) is 3.39. The molecule has 0 saturated heterocycles. The van der Waals surface area contributed by atoms with E-state index in [4.69, 9.17) is 9.47 Å². The van der Waals surface area contributed by atoms with Crippen LogP contribution in [0.25, 0.3) is 0 Å². The number of para-hydroxylation sites is 1. The number of ether oxygens (including phenoxy) is 2. The molecular formula is C19H33IN4O3. The SMILES string of the molecule is CCOc1ccccc1CNC(=NC)NCCN(C)C(=O)OC(C)(C)C.I. The molecule has 0 aliphatic heterocycles. The fourth-order valence-electron chi connectivity index (χ4n) is 2.12. The number of halogens is 1. The van der Waals surface area contributed by atoms with E-state index in [9.17, 15) is 4.79 Å². The predicted octanol–water partition coefficient (Wildman–Crippen LogP) is 3.24. The van der Waals surface area contributed by atoms with E-state index in [1.807, 2.05) is 52.0 Å². The van der Waals surface area contributed by atoms with Gasteiger partial charge in [0.2, 0.25) is 0 Å². The highest BCUT2D eigenvalue weighted by Gasteiger charge is 2.19. The lowest BCUT2D eigenvalue weighted by Gasteiger charge is -2.25. The molecule has 1 rings (SSSR count). The van der Waals surface area contributed by atoms with Gasteiger partial charge in [0.1, 0.15) is 11.4 Å². The molecule has 2 N–H and O–H groups in total. The van der Waals surface area contributed by atoms with Crippen molar-refractivity contribution < 1.29 is 14.3 Å². The van der Waals surface area contributed by atoms with Crippen LogP contribution in [0.1, 0.15) is 33.3 Å². The highest BCUT2D eigenvalue weighted by Crippen LogP contribution is 2.17. The first kappa shape index (κ1) is 25.3. The molecule has 0 aliphatic carbocycles. The van der Waals surface area contributed by atoms with Gasteiger partial charge in [-0.3, -0.25) is 4.99 Å². The summed E-state index contributed by atoms with van der Waals surface area (Å²) < 4.78 is 10.9. The number of benzene rings is 1. The van der Waals surface area contributed by atoms with E-state index in [2.05, 4.69) is 15.6 Å². The largest absolute Gasteiger partial charge is 0.494 e. The van der Waals surface area contributed by atoms with Crippen molar-refractivity contribution in [1.29, 1.82) is 0 Å². The van der Waals surface area contributed by atoms with E-state index in [0.717, 1.165) is 11.3 Å². The van der Waals surface area contributed by atoms with Gasteiger partial charge in [-0.2, -0.15) is 0 Å². The highest BCUT2D eigenvalue weighted by atomic mass is 127. The zero-order chi connectivity index (χ0) is 19.6. The van der Waals surface area contributed by atoms with Crippen LogP contribution in [0.3, 0.4) is 0 Å². The number of hydrogen-bond donors (Lipinski definition) is 2. The molecule has 1 amide bonds. The summed E-state index contributed by atoms with van der Waals surface area (Å²) in [7, 11) is 3.42. The number of nitrogens with one attached hydrogen (secondary N) is 2. The maximum Gasteiger partial charge on any atom is 0.410 e. The van der Waals surface area contributed by atoms with Crippen LogP contribution < -0.4 is 15.4 Å². The number of carbonyl (C=O) groups is 1. The van der Waals surface area contributed by atoms with Crippen LogP contribution in [-0.4, -0.2) is 56.3 Å². The van der Waals surface area contributed by atoms with Gasteiger partial charge in [-0.25, -0.2) is 4.79 Å². The molecule has 154 valence electrons. The molecule has 7 nitrogen and oxygen atoms in total. The standard InChI is InChI=1S/C19H32N4O3.HI/c1-7-25-16-11-9-8-10-15(16)14-22-17(20-5)21-12-13-23(6)18(24)26-19(2,3)4;/h8-11H,7,12-14H2,1-6H3,(H2,20,21,22);1H. The number of carbonyl (C=O) groups excluding carboxylic acids is 1. The van der Waals surface area contributed by atoms with Crippen LogP contribution in [0.2, 0.25) is 0 Å². The highest BCUT2D eigenvalue weighted by molar-refractivity contribution is 14.0. The second kappa shape index (κ2) is 12.6. The van der Waals surface area contributed by atoms with E-state index >= 15 is 0 Å². The molecule has 0 aromatic heterocycles. The normalized spacial score (nSPS) is 11.3. The topological polar surface area (TPSA) is 75.2 Å². The van der Waals surface area contributed by atoms with Crippen molar-refractivity contribution in [1.82, 2.24) is 15.5 Å². The number of nitrogens with zero attached hydrogens (tertiary/aromatic N) is 2. The Morgan fingerprint density at radius 2 is 1.89 bits per heavy atom. The van der Waals surface area contributed by atoms with Crippen LogP contribution >= 0.6 is 24.0 Å². The molecule has 0 unspecified atom stereocenters. The summed E-state index contributed by atoms with van der Waals surface area (Å²) in [6, 6.07) is 7.90. The third kappa shape index (κ3) is 10.3. The zero-order valence-corrected chi connectivity index (χ0v) is 19.5. The second-order valence-corrected chi connectivity index (χ2v) is 6.80. The number of guanidine groups is 1. The minimum atomic E-state index is -0.496. The molecule has 0 fully saturated rings. The Morgan fingerprint density at radius 1 is 1.22 bits per heavy atom. The van der Waals surface area contributed by atoms with Crippen molar-refractivity contribution >= 4 is 36.0 Å². The summed E-state index contributed by atoms with van der Waals surface area (Å²) in [4.78, 5) is 17.7. The minimum Gasteiger partial charge on any atom is -0.494 e. The number of amides is 1. The van der Waals surface area contributed by atoms with Crippen molar-refractivity contribution in [3.8, 4) is 5.75 Å². The lowest BCUT2D eigenvalue weighted by molar-refractivity contribution is 0.0302. The lowest BCUT2D eigenvalue weighted by Crippen LogP contribution is -2.42. The van der Waals surface area contributed by atoms with Gasteiger partial charge >= 0.3 is 6.09 Å². The summed E-state index contributed by atoms with van der Waals surface area (Å²) >= 11 is 0. The van der Waals surface area contributed by atoms with Gasteiger partial charge in [0, 0.05) is 39.3 Å². The fraction of sp³-hybridized carbons (Fsp3) is 0.579. The van der Waals surface area contributed by atoms with E-state index in [0.29, 0.717) is 32.2 Å². The summed E-state index contributed by atoms with van der Waals surface area (Å²) in [6.07, 6.45) is -0.340. The van der Waals surface area contributed by atoms with Crippen molar-refractivity contribution in [2.75, 3.05) is 33.8 Å². The summed E-state index contributed by atoms with van der Waals surface area (Å²) in [5.74, 6) is 1.52. The van der Waals surface area contributed by atoms with Gasteiger partial charge < -0.3 is 25.0 Å². The average Bonchev–Trinajstić information content (AvgIpc) is 2.57. The zero-order valence-electron chi connectivity index (χ0n) is 17.2. The van der Waals surface area contributed by atoms with Gasteiger partial charge in [0.15, 0.2) is 5.96 Å². The second-order valence-electron chi connectivity index (χ2n) is 6.80. The van der Waals surface area contributed by atoms with Crippen molar-refractivity contribution in [3.63, 3.8) is 0 Å². The minimum absolute atomic E-state index is 0. The number of likely N-dealkylation sites (N-methyl/N-ethyl adjacent to an activating group) is 1. The van der Waals surface area contributed by atoms with E-state index < -0.39 is 5.60 Å². The number of rotatable bonds is 7. The van der Waals surface area contributed by atoms with Crippen LogP contribution in [0.4, 0.5) is 4.79 Å². The van der Waals surface area contributed by atoms with E-state index in [1.54, 1.807) is 14.1 Å². The summed E-state index contributed by atoms with van der Waals surface area (Å²) in [6.45, 7) is 9.80. The first-order valence-corrected chi connectivity index (χ1v) is 8.86. The Morgan fingerprint density at radius 3 is 2.48 bits per heavy atom.